The van der Waals surface area contributed by atoms with Crippen LogP contribution < -0.4 is 11.1 Å². The molecule has 2 aromatic rings. The topological polar surface area (TPSA) is 93.4 Å². The van der Waals surface area contributed by atoms with Gasteiger partial charge in [0.05, 0.1) is 30.6 Å². The van der Waals surface area contributed by atoms with Crippen LogP contribution in [0.4, 0.5) is 5.82 Å². The number of aromatic nitrogens is 2. The van der Waals surface area contributed by atoms with Gasteiger partial charge in [0.25, 0.3) is 0 Å². The van der Waals surface area contributed by atoms with E-state index in [9.17, 15) is 4.79 Å². The maximum Gasteiger partial charge on any atom is 0.224 e. The van der Waals surface area contributed by atoms with Gasteiger partial charge in [-0.05, 0) is 33.3 Å². The molecule has 8 heteroatoms. The van der Waals surface area contributed by atoms with E-state index >= 15 is 0 Å². The minimum absolute atomic E-state index is 0.331. The van der Waals surface area contributed by atoms with Crippen LogP contribution in [-0.4, -0.2) is 53.6 Å². The van der Waals surface area contributed by atoms with Gasteiger partial charge in [-0.2, -0.15) is 0 Å². The number of nitrogens with zero attached hydrogens (tertiary/aromatic N) is 3. The Labute approximate surface area is 157 Å². The van der Waals surface area contributed by atoms with Crippen LogP contribution in [0.15, 0.2) is 0 Å². The van der Waals surface area contributed by atoms with Crippen LogP contribution in [0.2, 0.25) is 0 Å². The molecule has 0 saturated carbocycles. The number of anilines is 1. The third-order valence-electron chi connectivity index (χ3n) is 4.91. The van der Waals surface area contributed by atoms with Crippen molar-refractivity contribution in [3.8, 4) is 0 Å². The van der Waals surface area contributed by atoms with Crippen LogP contribution in [0.1, 0.15) is 30.1 Å². The van der Waals surface area contributed by atoms with Crippen molar-refractivity contribution in [3.63, 3.8) is 0 Å². The van der Waals surface area contributed by atoms with Crippen LogP contribution in [0.25, 0.3) is 10.2 Å². The SMILES string of the molecule is Cc1sc2nc(CN3CCOCC3)nc(NCC(C)(C)C(N)=O)c2c1C. The molecule has 0 atom stereocenters. The summed E-state index contributed by atoms with van der Waals surface area (Å²) in [6.45, 7) is 12.3. The summed E-state index contributed by atoms with van der Waals surface area (Å²) in [6, 6.07) is 0. The molecule has 0 aliphatic carbocycles. The third-order valence-corrected chi connectivity index (χ3v) is 6.01. The van der Waals surface area contributed by atoms with E-state index in [1.807, 2.05) is 13.8 Å². The predicted molar refractivity (Wildman–Crippen MR) is 104 cm³/mol. The maximum absolute atomic E-state index is 11.6. The minimum Gasteiger partial charge on any atom is -0.379 e. The molecule has 2 aromatic heterocycles. The fraction of sp³-hybridized carbons (Fsp3) is 0.611. The van der Waals surface area contributed by atoms with E-state index in [0.29, 0.717) is 13.1 Å². The first-order chi connectivity index (χ1) is 12.3. The molecule has 3 heterocycles. The molecular weight excluding hydrogens is 350 g/mol. The molecule has 0 radical (unpaired) electrons. The van der Waals surface area contributed by atoms with Crippen molar-refractivity contribution < 1.29 is 9.53 Å². The number of hydrogen-bond donors (Lipinski definition) is 2. The average molecular weight is 378 g/mol. The number of nitrogens with one attached hydrogen (secondary N) is 1. The summed E-state index contributed by atoms with van der Waals surface area (Å²) < 4.78 is 5.41. The van der Waals surface area contributed by atoms with E-state index in [0.717, 1.165) is 48.2 Å². The number of ether oxygens (including phenoxy) is 1. The third kappa shape index (κ3) is 3.97. The molecule has 3 N–H and O–H groups in total. The van der Waals surface area contributed by atoms with E-state index in [1.54, 1.807) is 11.3 Å². The summed E-state index contributed by atoms with van der Waals surface area (Å²) in [6.07, 6.45) is 0. The standard InChI is InChI=1S/C18H27N5O2S/c1-11-12(2)26-16-14(11)15(20-10-18(3,4)17(19)24)21-13(22-16)9-23-5-7-25-8-6-23/h5-10H2,1-4H3,(H2,19,24)(H,20,21,22). The minimum atomic E-state index is -0.652. The summed E-state index contributed by atoms with van der Waals surface area (Å²) in [7, 11) is 0. The molecular formula is C18H27N5O2S. The fourth-order valence-electron chi connectivity index (χ4n) is 2.84. The Balaban J connectivity index is 1.91. The number of nitrogens with two attached hydrogens (primary N) is 1. The second kappa shape index (κ2) is 7.46. The zero-order chi connectivity index (χ0) is 18.9. The summed E-state index contributed by atoms with van der Waals surface area (Å²) in [4.78, 5) is 25.7. The lowest BCUT2D eigenvalue weighted by Gasteiger charge is -2.26. The van der Waals surface area contributed by atoms with Crippen LogP contribution >= 0.6 is 11.3 Å². The van der Waals surface area contributed by atoms with Crippen molar-refractivity contribution in [2.75, 3.05) is 38.2 Å². The lowest BCUT2D eigenvalue weighted by molar-refractivity contribution is -0.125. The molecule has 26 heavy (non-hydrogen) atoms. The lowest BCUT2D eigenvalue weighted by atomic mass is 9.93. The molecule has 0 spiro atoms. The number of amides is 1. The monoisotopic (exact) mass is 377 g/mol. The Morgan fingerprint density at radius 3 is 2.65 bits per heavy atom. The number of carbonyl (C=O) groups excluding carboxylic acids is 1. The highest BCUT2D eigenvalue weighted by Gasteiger charge is 2.26. The number of aryl methyl sites for hydroxylation is 2. The van der Waals surface area contributed by atoms with Gasteiger partial charge in [0.1, 0.15) is 16.5 Å². The highest BCUT2D eigenvalue weighted by atomic mass is 32.1. The predicted octanol–water partition coefficient (Wildman–Crippen LogP) is 2.06. The fourth-order valence-corrected chi connectivity index (χ4v) is 3.89. The average Bonchev–Trinajstić information content (AvgIpc) is 2.88. The van der Waals surface area contributed by atoms with Crippen LogP contribution in [0.3, 0.4) is 0 Å². The van der Waals surface area contributed by atoms with Gasteiger partial charge in [-0.1, -0.05) is 0 Å². The number of thiophene rings is 1. The van der Waals surface area contributed by atoms with Crippen molar-refractivity contribution >= 4 is 33.3 Å². The number of fused-ring (bicyclic) bond motifs is 1. The highest BCUT2D eigenvalue weighted by Crippen LogP contribution is 2.34. The van der Waals surface area contributed by atoms with Gasteiger partial charge >= 0.3 is 0 Å². The number of carbonyl (C=O) groups is 1. The Kier molecular flexibility index (Phi) is 5.45. The highest BCUT2D eigenvalue weighted by molar-refractivity contribution is 7.18. The normalized spacial score (nSPS) is 16.2. The number of rotatable bonds is 6. The largest absolute Gasteiger partial charge is 0.379 e. The van der Waals surface area contributed by atoms with E-state index in [2.05, 4.69) is 24.1 Å². The van der Waals surface area contributed by atoms with E-state index in [-0.39, 0.29) is 5.91 Å². The molecule has 1 amide bonds. The van der Waals surface area contributed by atoms with Gasteiger partial charge < -0.3 is 15.8 Å². The molecule has 7 nitrogen and oxygen atoms in total. The van der Waals surface area contributed by atoms with Gasteiger partial charge in [0, 0.05) is 24.5 Å². The van der Waals surface area contributed by atoms with Gasteiger partial charge in [-0.3, -0.25) is 9.69 Å². The Bertz CT molecular complexity index is 812. The summed E-state index contributed by atoms with van der Waals surface area (Å²) >= 11 is 1.68. The zero-order valence-electron chi connectivity index (χ0n) is 15.9. The van der Waals surface area contributed by atoms with Crippen molar-refractivity contribution in [1.82, 2.24) is 14.9 Å². The van der Waals surface area contributed by atoms with Gasteiger partial charge in [0.2, 0.25) is 5.91 Å². The molecule has 1 fully saturated rings. The number of hydrogen-bond acceptors (Lipinski definition) is 7. The van der Waals surface area contributed by atoms with Crippen LogP contribution in [0, 0.1) is 19.3 Å². The summed E-state index contributed by atoms with van der Waals surface area (Å²) in [5.41, 5.74) is 6.04. The van der Waals surface area contributed by atoms with Gasteiger partial charge in [0.15, 0.2) is 0 Å². The maximum atomic E-state index is 11.6. The molecule has 3 rings (SSSR count). The second-order valence-electron chi connectivity index (χ2n) is 7.44. The van der Waals surface area contributed by atoms with Crippen molar-refractivity contribution in [1.29, 1.82) is 0 Å². The van der Waals surface area contributed by atoms with E-state index < -0.39 is 5.41 Å². The zero-order valence-corrected chi connectivity index (χ0v) is 16.7. The van der Waals surface area contributed by atoms with Gasteiger partial charge in [-0.15, -0.1) is 11.3 Å². The first kappa shape index (κ1) is 19.0. The summed E-state index contributed by atoms with van der Waals surface area (Å²) in [5.74, 6) is 1.25. The van der Waals surface area contributed by atoms with Crippen LogP contribution in [0.5, 0.6) is 0 Å². The molecule has 1 aliphatic rings. The van der Waals surface area contributed by atoms with Crippen molar-refractivity contribution in [3.05, 3.63) is 16.3 Å². The van der Waals surface area contributed by atoms with Gasteiger partial charge in [-0.25, -0.2) is 9.97 Å². The molecule has 1 saturated heterocycles. The quantitative estimate of drug-likeness (QED) is 0.800. The molecule has 1 aliphatic heterocycles. The Morgan fingerprint density at radius 2 is 2.00 bits per heavy atom. The molecule has 0 aromatic carbocycles. The number of primary amides is 1. The number of morpholine rings is 1. The Morgan fingerprint density at radius 1 is 1.31 bits per heavy atom. The summed E-state index contributed by atoms with van der Waals surface area (Å²) in [5, 5.41) is 4.39. The first-order valence-electron chi connectivity index (χ1n) is 8.88. The lowest BCUT2D eigenvalue weighted by Crippen LogP contribution is -2.38. The first-order valence-corrected chi connectivity index (χ1v) is 9.70. The molecule has 142 valence electrons. The van der Waals surface area contributed by atoms with Crippen molar-refractivity contribution in [2.45, 2.75) is 34.2 Å². The van der Waals surface area contributed by atoms with Crippen molar-refractivity contribution in [2.24, 2.45) is 11.1 Å². The van der Waals surface area contributed by atoms with Crippen LogP contribution in [-0.2, 0) is 16.1 Å². The second-order valence-corrected chi connectivity index (χ2v) is 8.65. The van der Waals surface area contributed by atoms with E-state index in [1.165, 1.54) is 10.4 Å². The molecule has 0 bridgehead atoms. The van der Waals surface area contributed by atoms with E-state index in [4.69, 9.17) is 20.4 Å². The smallest absolute Gasteiger partial charge is 0.224 e. The molecule has 0 unspecified atom stereocenters. The Hall–Kier alpha value is -1.77.